The average molecular weight is 382 g/mol. The van der Waals surface area contributed by atoms with E-state index in [0.717, 1.165) is 12.1 Å². The van der Waals surface area contributed by atoms with Crippen LogP contribution in [0.5, 0.6) is 0 Å². The molecule has 0 radical (unpaired) electrons. The quantitative estimate of drug-likeness (QED) is 0.535. The first-order valence-electron chi connectivity index (χ1n) is 9.33. The third kappa shape index (κ3) is 6.75. The maximum Gasteiger partial charge on any atom is 0.251 e. The molecule has 3 amide bonds. The lowest BCUT2D eigenvalue weighted by Crippen LogP contribution is -2.23. The number of carbonyl (C=O) groups excluding carboxylic acids is 3. The van der Waals surface area contributed by atoms with Crippen LogP contribution in [0.25, 0.3) is 0 Å². The van der Waals surface area contributed by atoms with Crippen molar-refractivity contribution in [2.75, 3.05) is 29.0 Å². The summed E-state index contributed by atoms with van der Waals surface area (Å²) in [5, 5.41) is 11.3. The van der Waals surface area contributed by atoms with E-state index in [0.29, 0.717) is 29.9 Å². The fraction of sp³-hybridized carbons (Fsp3) is 0.286. The smallest absolute Gasteiger partial charge is 0.251 e. The van der Waals surface area contributed by atoms with Gasteiger partial charge in [0.05, 0.1) is 6.54 Å². The van der Waals surface area contributed by atoms with Gasteiger partial charge in [0.1, 0.15) is 0 Å². The van der Waals surface area contributed by atoms with Crippen molar-refractivity contribution in [1.29, 1.82) is 0 Å². The first kappa shape index (κ1) is 21.0. The molecule has 0 saturated carbocycles. The monoisotopic (exact) mass is 382 g/mol. The van der Waals surface area contributed by atoms with Gasteiger partial charge in [-0.15, -0.1) is 0 Å². The number of nitrogens with one attached hydrogen (secondary N) is 4. The summed E-state index contributed by atoms with van der Waals surface area (Å²) in [5.74, 6) is -0.349. The third-order valence-corrected chi connectivity index (χ3v) is 3.87. The molecule has 7 heteroatoms. The highest BCUT2D eigenvalue weighted by Gasteiger charge is 2.06. The van der Waals surface area contributed by atoms with Gasteiger partial charge in [0.2, 0.25) is 11.8 Å². The molecule has 2 aromatic carbocycles. The zero-order chi connectivity index (χ0) is 20.4. The Morgan fingerprint density at radius 2 is 1.29 bits per heavy atom. The fourth-order valence-electron chi connectivity index (χ4n) is 2.48. The second-order valence-electron chi connectivity index (χ2n) is 6.21. The Kier molecular flexibility index (Phi) is 8.02. The molecule has 0 fully saturated rings. The highest BCUT2D eigenvalue weighted by atomic mass is 16.2. The lowest BCUT2D eigenvalue weighted by atomic mass is 10.2. The molecule has 148 valence electrons. The highest BCUT2D eigenvalue weighted by Crippen LogP contribution is 2.14. The first-order valence-corrected chi connectivity index (χ1v) is 9.33. The maximum atomic E-state index is 12.1. The summed E-state index contributed by atoms with van der Waals surface area (Å²) in [6.07, 6.45) is 1.27. The minimum Gasteiger partial charge on any atom is -0.376 e. The van der Waals surface area contributed by atoms with Crippen LogP contribution in [0.3, 0.4) is 0 Å². The summed E-state index contributed by atoms with van der Waals surface area (Å²) in [4.78, 5) is 35.4. The van der Waals surface area contributed by atoms with Crippen molar-refractivity contribution in [3.63, 3.8) is 0 Å². The molecule has 0 aromatic heterocycles. The Balaban J connectivity index is 1.80. The molecular formula is C21H26N4O3. The van der Waals surface area contributed by atoms with Crippen LogP contribution in [0, 0.1) is 0 Å². The van der Waals surface area contributed by atoms with Gasteiger partial charge in [0.25, 0.3) is 5.91 Å². The Bertz CT molecular complexity index is 801. The summed E-state index contributed by atoms with van der Waals surface area (Å²) in [7, 11) is 0. The number of amides is 3. The number of rotatable bonds is 9. The number of benzene rings is 2. The van der Waals surface area contributed by atoms with Gasteiger partial charge in [0, 0.05) is 35.6 Å². The normalized spacial score (nSPS) is 10.1. The van der Waals surface area contributed by atoms with Crippen molar-refractivity contribution in [2.24, 2.45) is 0 Å². The van der Waals surface area contributed by atoms with Crippen LogP contribution in [0.15, 0.2) is 48.5 Å². The molecule has 0 heterocycles. The number of hydrogen-bond donors (Lipinski definition) is 4. The Labute approximate surface area is 164 Å². The van der Waals surface area contributed by atoms with E-state index in [9.17, 15) is 14.4 Å². The predicted octanol–water partition coefficient (Wildman–Crippen LogP) is 3.23. The third-order valence-electron chi connectivity index (χ3n) is 3.87. The van der Waals surface area contributed by atoms with E-state index in [1.54, 1.807) is 48.5 Å². The highest BCUT2D eigenvalue weighted by molar-refractivity contribution is 5.96. The Morgan fingerprint density at radius 1 is 0.750 bits per heavy atom. The first-order chi connectivity index (χ1) is 13.5. The van der Waals surface area contributed by atoms with Crippen molar-refractivity contribution in [1.82, 2.24) is 5.32 Å². The van der Waals surface area contributed by atoms with E-state index in [2.05, 4.69) is 21.3 Å². The molecule has 0 atom stereocenters. The van der Waals surface area contributed by atoms with Crippen molar-refractivity contribution >= 4 is 34.8 Å². The van der Waals surface area contributed by atoms with Crippen LogP contribution in [-0.4, -0.2) is 30.8 Å². The van der Waals surface area contributed by atoms with E-state index >= 15 is 0 Å². The lowest BCUT2D eigenvalue weighted by Gasteiger charge is -2.10. The van der Waals surface area contributed by atoms with Crippen molar-refractivity contribution in [3.05, 3.63) is 54.1 Å². The van der Waals surface area contributed by atoms with Gasteiger partial charge in [-0.05, 0) is 61.9 Å². The molecule has 0 spiro atoms. The zero-order valence-electron chi connectivity index (χ0n) is 16.2. The summed E-state index contributed by atoms with van der Waals surface area (Å²) < 4.78 is 0. The molecule has 2 rings (SSSR count). The van der Waals surface area contributed by atoms with Gasteiger partial charge in [-0.25, -0.2) is 0 Å². The molecule has 0 aliphatic rings. The summed E-state index contributed by atoms with van der Waals surface area (Å²) in [5.41, 5.74) is 2.66. The lowest BCUT2D eigenvalue weighted by molar-refractivity contribution is -0.116. The number of anilines is 3. The Morgan fingerprint density at radius 3 is 1.82 bits per heavy atom. The predicted molar refractivity (Wildman–Crippen MR) is 112 cm³/mol. The molecule has 28 heavy (non-hydrogen) atoms. The molecule has 2 aromatic rings. The van der Waals surface area contributed by atoms with Gasteiger partial charge in [-0.2, -0.15) is 0 Å². The van der Waals surface area contributed by atoms with Gasteiger partial charge in [-0.1, -0.05) is 6.92 Å². The molecule has 0 unspecified atom stereocenters. The van der Waals surface area contributed by atoms with Crippen molar-refractivity contribution in [3.8, 4) is 0 Å². The van der Waals surface area contributed by atoms with Gasteiger partial charge in [0.15, 0.2) is 0 Å². The van der Waals surface area contributed by atoms with Crippen LogP contribution >= 0.6 is 0 Å². The molecule has 0 aliphatic heterocycles. The van der Waals surface area contributed by atoms with E-state index in [1.807, 2.05) is 13.8 Å². The van der Waals surface area contributed by atoms with E-state index < -0.39 is 0 Å². The fourth-order valence-corrected chi connectivity index (χ4v) is 2.48. The van der Waals surface area contributed by atoms with Crippen LogP contribution in [-0.2, 0) is 9.59 Å². The van der Waals surface area contributed by atoms with E-state index in [1.165, 1.54) is 0 Å². The standard InChI is InChI=1S/C21H26N4O3/c1-3-5-19(26)24-17-10-12-18(13-11-17)25-20(27)14-23-16-8-6-15(7-9-16)21(28)22-4-2/h6-13,23H,3-5,14H2,1-2H3,(H,22,28)(H,24,26)(H,25,27). The van der Waals surface area contributed by atoms with Crippen molar-refractivity contribution < 1.29 is 14.4 Å². The van der Waals surface area contributed by atoms with Gasteiger partial charge in [-0.3, -0.25) is 14.4 Å². The largest absolute Gasteiger partial charge is 0.376 e. The van der Waals surface area contributed by atoms with Crippen LogP contribution in [0.1, 0.15) is 37.0 Å². The number of hydrogen-bond acceptors (Lipinski definition) is 4. The summed E-state index contributed by atoms with van der Waals surface area (Å²) in [6, 6.07) is 13.9. The van der Waals surface area contributed by atoms with Crippen molar-refractivity contribution in [2.45, 2.75) is 26.7 Å². The molecule has 7 nitrogen and oxygen atoms in total. The Hall–Kier alpha value is -3.35. The topological polar surface area (TPSA) is 99.3 Å². The zero-order valence-corrected chi connectivity index (χ0v) is 16.2. The summed E-state index contributed by atoms with van der Waals surface area (Å²) >= 11 is 0. The van der Waals surface area contributed by atoms with Crippen LogP contribution in [0.4, 0.5) is 17.1 Å². The molecule has 4 N–H and O–H groups in total. The van der Waals surface area contributed by atoms with Crippen LogP contribution in [0.2, 0.25) is 0 Å². The average Bonchev–Trinajstić information content (AvgIpc) is 2.69. The van der Waals surface area contributed by atoms with Gasteiger partial charge >= 0.3 is 0 Å². The van der Waals surface area contributed by atoms with Crippen LogP contribution < -0.4 is 21.3 Å². The minimum atomic E-state index is -0.199. The molecule has 0 saturated heterocycles. The minimum absolute atomic E-state index is 0.0262. The second kappa shape index (κ2) is 10.7. The SMILES string of the molecule is CCCC(=O)Nc1ccc(NC(=O)CNc2ccc(C(=O)NCC)cc2)cc1. The van der Waals surface area contributed by atoms with E-state index in [-0.39, 0.29) is 24.3 Å². The molecular weight excluding hydrogens is 356 g/mol. The number of carbonyl (C=O) groups is 3. The second-order valence-corrected chi connectivity index (χ2v) is 6.21. The molecule has 0 aliphatic carbocycles. The van der Waals surface area contributed by atoms with Gasteiger partial charge < -0.3 is 21.3 Å². The molecule has 0 bridgehead atoms. The maximum absolute atomic E-state index is 12.1. The van der Waals surface area contributed by atoms with E-state index in [4.69, 9.17) is 0 Å². The summed E-state index contributed by atoms with van der Waals surface area (Å²) in [6.45, 7) is 4.48.